The van der Waals surface area contributed by atoms with Crippen LogP contribution in [0.3, 0.4) is 0 Å². The first-order valence-corrected chi connectivity index (χ1v) is 4.95. The lowest BCUT2D eigenvalue weighted by Crippen LogP contribution is -2.19. The van der Waals surface area contributed by atoms with Gasteiger partial charge in [0, 0.05) is 6.61 Å². The highest BCUT2D eigenvalue weighted by Gasteiger charge is 1.99. The Bertz CT molecular complexity index is 53.8. The van der Waals surface area contributed by atoms with E-state index in [0.717, 1.165) is 0 Å². The van der Waals surface area contributed by atoms with Gasteiger partial charge in [-0.3, -0.25) is 0 Å². The van der Waals surface area contributed by atoms with E-state index in [2.05, 4.69) is 3.79 Å². The van der Waals surface area contributed by atoms with Crippen LogP contribution in [0.4, 0.5) is 0 Å². The highest BCUT2D eigenvalue weighted by atomic mass is 35.6. The van der Waals surface area contributed by atoms with E-state index < -0.39 is 20.7 Å². The van der Waals surface area contributed by atoms with E-state index in [1.165, 1.54) is 0 Å². The van der Waals surface area contributed by atoms with Crippen molar-refractivity contribution in [1.29, 1.82) is 0 Å². The number of aliphatic hydroxyl groups excluding tert-OH is 2. The van der Waals surface area contributed by atoms with Crippen LogP contribution in [0.25, 0.3) is 0 Å². The zero-order valence-corrected chi connectivity index (χ0v) is 6.55. The molecule has 0 aliphatic heterocycles. The molecule has 0 bridgehead atoms. The summed E-state index contributed by atoms with van der Waals surface area (Å²) < 4.78 is 4.68. The molecule has 1 atom stereocenters. The first kappa shape index (κ1) is 8.70. The molecule has 48 valence electrons. The Kier molecular flexibility index (Phi) is 6.34. The zero-order valence-electron chi connectivity index (χ0n) is 4.38. The Morgan fingerprint density at radius 3 is 2.75 bits per heavy atom. The van der Waals surface area contributed by atoms with Crippen LogP contribution < -0.4 is 0 Å². The lowest BCUT2D eigenvalue weighted by atomic mass is 10.4. The molecule has 1 unspecified atom stereocenters. The SMILES string of the molecule is OCC(O)C[O][AlH][Cl]. The normalized spacial score (nSPS) is 13.4. The van der Waals surface area contributed by atoms with Crippen LogP contribution in [0.1, 0.15) is 0 Å². The summed E-state index contributed by atoms with van der Waals surface area (Å²) in [4.78, 5) is 0. The molecule has 0 aromatic carbocycles. The minimum Gasteiger partial charge on any atom is -0.490 e. The van der Waals surface area contributed by atoms with Crippen molar-refractivity contribution in [3.8, 4) is 0 Å². The van der Waals surface area contributed by atoms with Crippen LogP contribution in [0.5, 0.6) is 0 Å². The maximum absolute atomic E-state index is 8.58. The average molecular weight is 155 g/mol. The predicted molar refractivity (Wildman–Crippen MR) is 32.0 cm³/mol. The van der Waals surface area contributed by atoms with Gasteiger partial charge in [0.25, 0.3) is 0 Å². The van der Waals surface area contributed by atoms with E-state index in [0.29, 0.717) is 0 Å². The van der Waals surface area contributed by atoms with Gasteiger partial charge in [0.2, 0.25) is 0 Å². The molecule has 0 aliphatic carbocycles. The summed E-state index contributed by atoms with van der Waals surface area (Å²) in [6.07, 6.45) is -0.763. The first-order chi connectivity index (χ1) is 3.81. The standard InChI is InChI=1S/C3H7O3.Al.ClH.H/c4-1-3(6)2-5;;;/h3-4,6H,1-2H2;;1H;/q-1;+2;;/p-1. The predicted octanol–water partition coefficient (Wildman–Crippen LogP) is -1.14. The van der Waals surface area contributed by atoms with E-state index in [9.17, 15) is 0 Å². The van der Waals surface area contributed by atoms with E-state index in [1.54, 1.807) is 0 Å². The van der Waals surface area contributed by atoms with Crippen molar-refractivity contribution >= 4 is 24.7 Å². The van der Waals surface area contributed by atoms with Crippen LogP contribution in [0.15, 0.2) is 0 Å². The topological polar surface area (TPSA) is 49.7 Å². The Morgan fingerprint density at radius 1 is 1.75 bits per heavy atom. The zero-order chi connectivity index (χ0) is 6.41. The van der Waals surface area contributed by atoms with Crippen molar-refractivity contribution in [3.63, 3.8) is 0 Å². The molecule has 0 heterocycles. The number of hydrogen-bond acceptors (Lipinski definition) is 3. The van der Waals surface area contributed by atoms with Gasteiger partial charge in [-0.2, -0.15) is 0 Å². The maximum Gasteiger partial charge on any atom is 0.566 e. The quantitative estimate of drug-likeness (QED) is 0.504. The molecular formula is C3H8AlClO3. The third kappa shape index (κ3) is 4.85. The van der Waals surface area contributed by atoms with Crippen molar-refractivity contribution in [2.75, 3.05) is 13.2 Å². The number of halogens is 1. The molecule has 3 nitrogen and oxygen atoms in total. The molecule has 0 fully saturated rings. The van der Waals surface area contributed by atoms with Crippen molar-refractivity contribution in [3.05, 3.63) is 0 Å². The summed E-state index contributed by atoms with van der Waals surface area (Å²) in [5.41, 5.74) is 0. The van der Waals surface area contributed by atoms with E-state index in [4.69, 9.17) is 20.3 Å². The smallest absolute Gasteiger partial charge is 0.490 e. The summed E-state index contributed by atoms with van der Waals surface area (Å²) in [6, 6.07) is 0. The molecule has 0 saturated heterocycles. The van der Waals surface area contributed by atoms with Crippen LogP contribution in [-0.2, 0) is 3.79 Å². The molecule has 0 saturated carbocycles. The fourth-order valence-corrected chi connectivity index (χ4v) is 0.862. The number of hydrogen-bond donors (Lipinski definition) is 2. The molecule has 0 radical (unpaired) electrons. The highest BCUT2D eigenvalue weighted by molar-refractivity contribution is 6.89. The van der Waals surface area contributed by atoms with Gasteiger partial charge < -0.3 is 14.0 Å². The summed E-state index contributed by atoms with van der Waals surface area (Å²) >= 11 is -0.937. The minimum atomic E-state index is -0.937. The number of rotatable bonds is 4. The second kappa shape index (κ2) is 5.83. The van der Waals surface area contributed by atoms with E-state index in [-0.39, 0.29) is 13.2 Å². The van der Waals surface area contributed by atoms with Gasteiger partial charge in [0.05, 0.1) is 12.7 Å². The molecule has 2 N–H and O–H groups in total. The Morgan fingerprint density at radius 2 is 2.38 bits per heavy atom. The summed E-state index contributed by atoms with van der Waals surface area (Å²) in [5, 5.41) is 16.8. The Hall–Kier alpha value is 0.702. The van der Waals surface area contributed by atoms with Crippen LogP contribution in [-0.4, -0.2) is 44.2 Å². The fourth-order valence-electron chi connectivity index (χ4n) is 0.233. The van der Waals surface area contributed by atoms with Crippen molar-refractivity contribution in [2.24, 2.45) is 0 Å². The molecule has 0 aliphatic rings. The van der Waals surface area contributed by atoms with Gasteiger partial charge in [0.1, 0.15) is 0 Å². The van der Waals surface area contributed by atoms with Crippen molar-refractivity contribution in [2.45, 2.75) is 6.10 Å². The lowest BCUT2D eigenvalue weighted by molar-refractivity contribution is 0.0559. The molecule has 0 aromatic heterocycles. The van der Waals surface area contributed by atoms with Gasteiger partial charge in [-0.1, -0.05) is 0 Å². The van der Waals surface area contributed by atoms with Crippen LogP contribution >= 0.6 is 10.0 Å². The van der Waals surface area contributed by atoms with Gasteiger partial charge in [-0.05, 0) is 0 Å². The molecular weight excluding hydrogens is 146 g/mol. The maximum atomic E-state index is 8.58. The molecule has 0 aromatic rings. The second-order valence-corrected chi connectivity index (χ2v) is 2.60. The van der Waals surface area contributed by atoms with Gasteiger partial charge in [0.15, 0.2) is 0 Å². The van der Waals surface area contributed by atoms with Gasteiger partial charge >= 0.3 is 14.6 Å². The monoisotopic (exact) mass is 154 g/mol. The van der Waals surface area contributed by atoms with Gasteiger partial charge in [-0.15, -0.1) is 0 Å². The first-order valence-electron chi connectivity index (χ1n) is 2.24. The fraction of sp³-hybridized carbons (Fsp3) is 1.00. The largest absolute Gasteiger partial charge is 0.566 e. The highest BCUT2D eigenvalue weighted by Crippen LogP contribution is 1.82. The minimum absolute atomic E-state index is 0.159. The molecule has 0 amide bonds. The summed E-state index contributed by atoms with van der Waals surface area (Å²) in [5.74, 6) is 0. The summed E-state index contributed by atoms with van der Waals surface area (Å²) in [7, 11) is 5.23. The average Bonchev–Trinajstić information content (AvgIpc) is 1.83. The van der Waals surface area contributed by atoms with Crippen molar-refractivity contribution in [1.82, 2.24) is 0 Å². The van der Waals surface area contributed by atoms with Gasteiger partial charge in [-0.25, -0.2) is 10.0 Å². The summed E-state index contributed by atoms with van der Waals surface area (Å²) in [6.45, 7) is -0.0997. The molecule has 8 heavy (non-hydrogen) atoms. The second-order valence-electron chi connectivity index (χ2n) is 1.32. The lowest BCUT2D eigenvalue weighted by Gasteiger charge is -2.04. The molecule has 0 spiro atoms. The van der Waals surface area contributed by atoms with Crippen LogP contribution in [0.2, 0.25) is 0 Å². The molecule has 5 heteroatoms. The number of aliphatic hydroxyl groups is 2. The van der Waals surface area contributed by atoms with E-state index in [1.807, 2.05) is 0 Å². The van der Waals surface area contributed by atoms with E-state index >= 15 is 0 Å². The third-order valence-corrected chi connectivity index (χ3v) is 1.45. The third-order valence-electron chi connectivity index (χ3n) is 0.598. The van der Waals surface area contributed by atoms with Crippen molar-refractivity contribution < 1.29 is 14.0 Å². The Labute approximate surface area is 58.5 Å². The van der Waals surface area contributed by atoms with Crippen LogP contribution in [0, 0.1) is 0 Å². The molecule has 0 rings (SSSR count). The Balaban J connectivity index is 2.86.